The SMILES string of the molecule is O=C(Nc1cccc(-c2cc(F)ccc2F)n1)C1(c2ccc3c(c2)OCO3)CC1. The van der Waals surface area contributed by atoms with Gasteiger partial charge in [-0.1, -0.05) is 12.1 Å². The summed E-state index contributed by atoms with van der Waals surface area (Å²) in [4.78, 5) is 17.3. The van der Waals surface area contributed by atoms with E-state index in [1.165, 1.54) is 0 Å². The molecule has 7 heteroatoms. The maximum atomic E-state index is 14.1. The Balaban J connectivity index is 1.41. The molecule has 1 N–H and O–H groups in total. The number of ether oxygens (including phenoxy) is 2. The highest BCUT2D eigenvalue weighted by Gasteiger charge is 2.51. The highest BCUT2D eigenvalue weighted by Crippen LogP contribution is 2.51. The lowest BCUT2D eigenvalue weighted by Gasteiger charge is -2.16. The molecule has 1 aromatic heterocycles. The summed E-state index contributed by atoms with van der Waals surface area (Å²) in [5.74, 6) is 0.238. The Morgan fingerprint density at radius 2 is 1.83 bits per heavy atom. The first-order valence-corrected chi connectivity index (χ1v) is 9.19. The van der Waals surface area contributed by atoms with Gasteiger partial charge in [0.25, 0.3) is 0 Å². The largest absolute Gasteiger partial charge is 0.454 e. The van der Waals surface area contributed by atoms with E-state index in [0.29, 0.717) is 24.3 Å². The average Bonchev–Trinajstić information content (AvgIpc) is 3.41. The van der Waals surface area contributed by atoms with Crippen molar-refractivity contribution in [1.29, 1.82) is 0 Å². The van der Waals surface area contributed by atoms with Gasteiger partial charge in [0.1, 0.15) is 17.5 Å². The molecule has 1 fully saturated rings. The van der Waals surface area contributed by atoms with Crippen molar-refractivity contribution in [2.45, 2.75) is 18.3 Å². The first-order chi connectivity index (χ1) is 14.0. The van der Waals surface area contributed by atoms with E-state index in [2.05, 4.69) is 10.3 Å². The van der Waals surface area contributed by atoms with Crippen LogP contribution in [-0.2, 0) is 10.2 Å². The maximum absolute atomic E-state index is 14.1. The number of pyridine rings is 1. The van der Waals surface area contributed by atoms with Crippen molar-refractivity contribution in [3.05, 3.63) is 71.8 Å². The van der Waals surface area contributed by atoms with Gasteiger partial charge < -0.3 is 14.8 Å². The van der Waals surface area contributed by atoms with Gasteiger partial charge in [0, 0.05) is 5.56 Å². The summed E-state index contributed by atoms with van der Waals surface area (Å²) in [5, 5.41) is 2.82. The zero-order valence-electron chi connectivity index (χ0n) is 15.2. The average molecular weight is 394 g/mol. The number of anilines is 1. The minimum Gasteiger partial charge on any atom is -0.454 e. The molecule has 1 saturated carbocycles. The highest BCUT2D eigenvalue weighted by atomic mass is 19.1. The van der Waals surface area contributed by atoms with Crippen LogP contribution in [0, 0.1) is 11.6 Å². The molecule has 0 bridgehead atoms. The molecule has 0 radical (unpaired) electrons. The van der Waals surface area contributed by atoms with Gasteiger partial charge in [-0.05, 0) is 60.9 Å². The fourth-order valence-electron chi connectivity index (χ4n) is 3.55. The Bertz CT molecular complexity index is 1130. The molecular weight excluding hydrogens is 378 g/mol. The zero-order valence-corrected chi connectivity index (χ0v) is 15.2. The van der Waals surface area contributed by atoms with Crippen LogP contribution >= 0.6 is 0 Å². The molecule has 2 heterocycles. The van der Waals surface area contributed by atoms with Crippen LogP contribution in [0.25, 0.3) is 11.3 Å². The monoisotopic (exact) mass is 394 g/mol. The molecule has 5 rings (SSSR count). The third kappa shape index (κ3) is 3.08. The van der Waals surface area contributed by atoms with Gasteiger partial charge in [0.15, 0.2) is 11.5 Å². The van der Waals surface area contributed by atoms with Crippen molar-refractivity contribution in [1.82, 2.24) is 4.98 Å². The number of hydrogen-bond donors (Lipinski definition) is 1. The van der Waals surface area contributed by atoms with Crippen LogP contribution in [0.5, 0.6) is 11.5 Å². The molecule has 146 valence electrons. The fraction of sp³-hybridized carbons (Fsp3) is 0.182. The molecule has 1 aliphatic carbocycles. The van der Waals surface area contributed by atoms with Gasteiger partial charge in [0.05, 0.1) is 11.1 Å². The van der Waals surface area contributed by atoms with Crippen LogP contribution in [0.1, 0.15) is 18.4 Å². The molecule has 2 aromatic carbocycles. The predicted octanol–water partition coefficient (Wildman–Crippen LogP) is 4.43. The standard InChI is InChI=1S/C22H16F2N2O3/c23-14-5-6-16(24)15(11-14)17-2-1-3-20(25-17)26-21(27)22(8-9-22)13-4-7-18-19(10-13)29-12-28-18/h1-7,10-11H,8-9,12H2,(H,25,26,27). The van der Waals surface area contributed by atoms with E-state index in [1.54, 1.807) is 24.3 Å². The van der Waals surface area contributed by atoms with E-state index < -0.39 is 17.0 Å². The summed E-state index contributed by atoms with van der Waals surface area (Å²) < 4.78 is 38.3. The lowest BCUT2D eigenvalue weighted by Crippen LogP contribution is -2.28. The number of fused-ring (bicyclic) bond motifs is 1. The lowest BCUT2D eigenvalue weighted by molar-refractivity contribution is -0.118. The molecule has 29 heavy (non-hydrogen) atoms. The Hall–Kier alpha value is -3.48. The maximum Gasteiger partial charge on any atom is 0.236 e. The van der Waals surface area contributed by atoms with E-state index >= 15 is 0 Å². The summed E-state index contributed by atoms with van der Waals surface area (Å²) in [6.07, 6.45) is 1.41. The number of halogens is 2. The first-order valence-electron chi connectivity index (χ1n) is 9.19. The molecule has 5 nitrogen and oxygen atoms in total. The first kappa shape index (κ1) is 17.6. The molecular formula is C22H16F2N2O3. The van der Waals surface area contributed by atoms with Crippen LogP contribution in [0.3, 0.4) is 0 Å². The third-order valence-electron chi connectivity index (χ3n) is 5.30. The van der Waals surface area contributed by atoms with Crippen LogP contribution < -0.4 is 14.8 Å². The normalized spacial score (nSPS) is 15.8. The van der Waals surface area contributed by atoms with Gasteiger partial charge in [-0.15, -0.1) is 0 Å². The van der Waals surface area contributed by atoms with E-state index in [1.807, 2.05) is 12.1 Å². The van der Waals surface area contributed by atoms with E-state index in [-0.39, 0.29) is 29.8 Å². The summed E-state index contributed by atoms with van der Waals surface area (Å²) >= 11 is 0. The van der Waals surface area contributed by atoms with Crippen LogP contribution in [0.2, 0.25) is 0 Å². The quantitative estimate of drug-likeness (QED) is 0.711. The Morgan fingerprint density at radius 1 is 1.00 bits per heavy atom. The van der Waals surface area contributed by atoms with Crippen LogP contribution in [-0.4, -0.2) is 17.7 Å². The molecule has 0 atom stereocenters. The summed E-state index contributed by atoms with van der Waals surface area (Å²) in [6, 6.07) is 13.5. The number of benzene rings is 2. The third-order valence-corrected chi connectivity index (χ3v) is 5.30. The van der Waals surface area contributed by atoms with Crippen molar-refractivity contribution in [2.24, 2.45) is 0 Å². The Morgan fingerprint density at radius 3 is 2.66 bits per heavy atom. The summed E-state index contributed by atoms with van der Waals surface area (Å²) in [7, 11) is 0. The van der Waals surface area contributed by atoms with E-state index in [9.17, 15) is 13.6 Å². The fourth-order valence-corrected chi connectivity index (χ4v) is 3.55. The smallest absolute Gasteiger partial charge is 0.236 e. The van der Waals surface area contributed by atoms with E-state index in [0.717, 1.165) is 23.8 Å². The van der Waals surface area contributed by atoms with Gasteiger partial charge in [0.2, 0.25) is 12.7 Å². The number of amides is 1. The Kier molecular flexibility index (Phi) is 3.97. The number of carbonyl (C=O) groups excluding carboxylic acids is 1. The molecule has 2 aliphatic rings. The number of nitrogens with zero attached hydrogens (tertiary/aromatic N) is 1. The van der Waals surface area contributed by atoms with Crippen molar-refractivity contribution < 1.29 is 23.0 Å². The summed E-state index contributed by atoms with van der Waals surface area (Å²) in [5.41, 5.74) is 0.486. The summed E-state index contributed by atoms with van der Waals surface area (Å²) in [6.45, 7) is 0.172. The Labute approximate surface area is 165 Å². The molecule has 1 amide bonds. The minimum atomic E-state index is -0.650. The van der Waals surface area contributed by atoms with Crippen molar-refractivity contribution >= 4 is 11.7 Å². The van der Waals surface area contributed by atoms with Crippen molar-refractivity contribution in [3.8, 4) is 22.8 Å². The number of nitrogens with one attached hydrogen (secondary N) is 1. The number of aromatic nitrogens is 1. The van der Waals surface area contributed by atoms with Crippen molar-refractivity contribution in [3.63, 3.8) is 0 Å². The number of carbonyl (C=O) groups is 1. The van der Waals surface area contributed by atoms with Gasteiger partial charge in [-0.2, -0.15) is 0 Å². The van der Waals surface area contributed by atoms with E-state index in [4.69, 9.17) is 9.47 Å². The number of rotatable bonds is 4. The second-order valence-corrected chi connectivity index (χ2v) is 7.14. The second-order valence-electron chi connectivity index (χ2n) is 7.14. The lowest BCUT2D eigenvalue weighted by atomic mass is 9.94. The molecule has 3 aromatic rings. The van der Waals surface area contributed by atoms with Crippen LogP contribution in [0.4, 0.5) is 14.6 Å². The molecule has 0 unspecified atom stereocenters. The second kappa shape index (κ2) is 6.55. The topological polar surface area (TPSA) is 60.5 Å². The zero-order chi connectivity index (χ0) is 20.0. The predicted molar refractivity (Wildman–Crippen MR) is 102 cm³/mol. The van der Waals surface area contributed by atoms with Crippen LogP contribution in [0.15, 0.2) is 54.6 Å². The minimum absolute atomic E-state index is 0.0398. The van der Waals surface area contributed by atoms with Gasteiger partial charge in [-0.25, -0.2) is 13.8 Å². The highest BCUT2D eigenvalue weighted by molar-refractivity contribution is 6.01. The van der Waals surface area contributed by atoms with Gasteiger partial charge in [-0.3, -0.25) is 4.79 Å². The molecule has 1 aliphatic heterocycles. The number of hydrogen-bond acceptors (Lipinski definition) is 4. The molecule has 0 spiro atoms. The van der Waals surface area contributed by atoms with Gasteiger partial charge >= 0.3 is 0 Å². The van der Waals surface area contributed by atoms with Crippen molar-refractivity contribution in [2.75, 3.05) is 12.1 Å². The molecule has 0 saturated heterocycles.